The number of nitrogens with zero attached hydrogens (tertiary/aromatic N) is 1. The summed E-state index contributed by atoms with van der Waals surface area (Å²) in [5.74, 6) is 5.31. The molecule has 0 amide bonds. The van der Waals surface area contributed by atoms with E-state index in [1.807, 2.05) is 24.3 Å². The highest BCUT2D eigenvalue weighted by Crippen LogP contribution is 2.42. The molecule has 0 saturated carbocycles. The summed E-state index contributed by atoms with van der Waals surface area (Å²) in [5.41, 5.74) is 4.15. The van der Waals surface area contributed by atoms with Crippen molar-refractivity contribution in [2.24, 2.45) is 0 Å². The van der Waals surface area contributed by atoms with Crippen LogP contribution in [-0.2, 0) is 16.0 Å². The number of pyridine rings is 1. The van der Waals surface area contributed by atoms with Gasteiger partial charge in [-0.25, -0.2) is 9.37 Å². The predicted octanol–water partition coefficient (Wildman–Crippen LogP) is 5.31. The van der Waals surface area contributed by atoms with Crippen molar-refractivity contribution < 1.29 is 28.5 Å². The summed E-state index contributed by atoms with van der Waals surface area (Å²) in [4.78, 5) is 15.6. The molecular formula is C29H26FNO5. The van der Waals surface area contributed by atoms with Crippen molar-refractivity contribution in [2.45, 2.75) is 44.3 Å². The number of aliphatic carboxylic acids is 1. The molecule has 2 heterocycles. The number of aromatic nitrogens is 1. The van der Waals surface area contributed by atoms with Crippen molar-refractivity contribution in [2.75, 3.05) is 13.2 Å². The quantitative estimate of drug-likeness (QED) is 0.434. The number of carboxylic acid groups (broad SMARTS) is 1. The third-order valence-corrected chi connectivity index (χ3v) is 6.48. The Hall–Kier alpha value is -3.89. The van der Waals surface area contributed by atoms with E-state index < -0.39 is 12.1 Å². The summed E-state index contributed by atoms with van der Waals surface area (Å²) in [7, 11) is 0. The van der Waals surface area contributed by atoms with Gasteiger partial charge in [-0.2, -0.15) is 0 Å². The van der Waals surface area contributed by atoms with Crippen LogP contribution in [0.4, 0.5) is 4.39 Å². The van der Waals surface area contributed by atoms with E-state index in [2.05, 4.69) is 16.8 Å². The van der Waals surface area contributed by atoms with E-state index in [0.717, 1.165) is 22.3 Å². The lowest BCUT2D eigenvalue weighted by Crippen LogP contribution is -2.38. The van der Waals surface area contributed by atoms with Crippen LogP contribution in [0.2, 0.25) is 0 Å². The average Bonchev–Trinajstić information content (AvgIpc) is 3.27. The molecule has 1 saturated heterocycles. The Labute approximate surface area is 209 Å². The first-order chi connectivity index (χ1) is 17.5. The van der Waals surface area contributed by atoms with Crippen LogP contribution in [-0.4, -0.2) is 35.4 Å². The van der Waals surface area contributed by atoms with Crippen molar-refractivity contribution in [3.63, 3.8) is 0 Å². The molecule has 0 spiro atoms. The molecule has 5 rings (SSSR count). The summed E-state index contributed by atoms with van der Waals surface area (Å²) < 4.78 is 32.0. The molecule has 1 N–H and O–H groups in total. The van der Waals surface area contributed by atoms with Gasteiger partial charge >= 0.3 is 5.97 Å². The smallest absolute Gasteiger partial charge is 0.304 e. The fraction of sp³-hybridized carbons (Fsp3) is 0.310. The summed E-state index contributed by atoms with van der Waals surface area (Å²) >= 11 is 0. The lowest BCUT2D eigenvalue weighted by atomic mass is 9.96. The fourth-order valence-electron chi connectivity index (χ4n) is 4.67. The largest absolute Gasteiger partial charge is 0.486 e. The molecule has 184 valence electrons. The molecule has 7 heteroatoms. The van der Waals surface area contributed by atoms with Gasteiger partial charge in [0.05, 0.1) is 25.6 Å². The normalized spacial score (nSPS) is 17.3. The number of carboxylic acids is 1. The second-order valence-corrected chi connectivity index (χ2v) is 8.91. The first kappa shape index (κ1) is 23.8. The molecule has 0 unspecified atom stereocenters. The molecular weight excluding hydrogens is 461 g/mol. The van der Waals surface area contributed by atoms with Gasteiger partial charge in [-0.3, -0.25) is 4.79 Å². The summed E-state index contributed by atoms with van der Waals surface area (Å²) in [6, 6.07) is 14.3. The van der Waals surface area contributed by atoms with Gasteiger partial charge in [-0.05, 0) is 60.7 Å². The van der Waals surface area contributed by atoms with E-state index in [1.165, 1.54) is 6.07 Å². The Morgan fingerprint density at radius 1 is 1.17 bits per heavy atom. The van der Waals surface area contributed by atoms with Crippen LogP contribution in [0, 0.1) is 17.7 Å². The third-order valence-electron chi connectivity index (χ3n) is 6.48. The highest BCUT2D eigenvalue weighted by atomic mass is 19.1. The van der Waals surface area contributed by atoms with Gasteiger partial charge in [-0.15, -0.1) is 5.92 Å². The Bertz CT molecular complexity index is 1310. The van der Waals surface area contributed by atoms with Gasteiger partial charge in [0.25, 0.3) is 0 Å². The number of halogens is 1. The minimum atomic E-state index is -0.901. The summed E-state index contributed by atoms with van der Waals surface area (Å²) in [6.45, 7) is 2.85. The second kappa shape index (κ2) is 10.4. The molecule has 36 heavy (non-hydrogen) atoms. The highest BCUT2D eigenvalue weighted by molar-refractivity contribution is 5.70. The molecule has 2 aromatic carbocycles. The Kier molecular flexibility index (Phi) is 6.88. The monoisotopic (exact) mass is 487 g/mol. The van der Waals surface area contributed by atoms with E-state index in [4.69, 9.17) is 19.3 Å². The van der Waals surface area contributed by atoms with Crippen molar-refractivity contribution in [3.05, 3.63) is 77.2 Å². The van der Waals surface area contributed by atoms with Crippen LogP contribution in [0.15, 0.2) is 54.7 Å². The number of hydrogen-bond acceptors (Lipinski definition) is 5. The zero-order valence-electron chi connectivity index (χ0n) is 19.9. The molecule has 6 nitrogen and oxygen atoms in total. The molecule has 1 aliphatic heterocycles. The maximum Gasteiger partial charge on any atom is 0.304 e. The van der Waals surface area contributed by atoms with E-state index in [-0.39, 0.29) is 24.3 Å². The average molecular weight is 488 g/mol. The number of carbonyl (C=O) groups is 1. The summed E-state index contributed by atoms with van der Waals surface area (Å²) in [6.07, 6.45) is 2.67. The minimum Gasteiger partial charge on any atom is -0.486 e. The molecule has 1 fully saturated rings. The third kappa shape index (κ3) is 5.05. The topological polar surface area (TPSA) is 77.9 Å². The lowest BCUT2D eigenvalue weighted by molar-refractivity contribution is -0.137. The van der Waals surface area contributed by atoms with Crippen LogP contribution in [0.3, 0.4) is 0 Å². The highest BCUT2D eigenvalue weighted by Gasteiger charge is 2.30. The van der Waals surface area contributed by atoms with Crippen molar-refractivity contribution in [1.29, 1.82) is 0 Å². The van der Waals surface area contributed by atoms with Gasteiger partial charge in [0, 0.05) is 23.4 Å². The van der Waals surface area contributed by atoms with Crippen LogP contribution in [0.5, 0.6) is 11.6 Å². The maximum absolute atomic E-state index is 15.0. The Morgan fingerprint density at radius 3 is 2.61 bits per heavy atom. The van der Waals surface area contributed by atoms with Crippen molar-refractivity contribution in [1.82, 2.24) is 4.98 Å². The van der Waals surface area contributed by atoms with Gasteiger partial charge in [0.1, 0.15) is 23.8 Å². The number of hydrogen-bond donors (Lipinski definition) is 1. The van der Waals surface area contributed by atoms with Crippen LogP contribution in [0.25, 0.3) is 11.1 Å². The first-order valence-electron chi connectivity index (χ1n) is 11.9. The Morgan fingerprint density at radius 2 is 1.97 bits per heavy atom. The molecule has 0 radical (unpaired) electrons. The minimum absolute atomic E-state index is 0.0491. The first-order valence-corrected chi connectivity index (χ1v) is 11.9. The molecule has 1 aromatic heterocycles. The van der Waals surface area contributed by atoms with Gasteiger partial charge in [0.2, 0.25) is 5.88 Å². The van der Waals surface area contributed by atoms with E-state index in [0.29, 0.717) is 43.2 Å². The number of rotatable bonds is 8. The zero-order valence-corrected chi connectivity index (χ0v) is 19.9. The van der Waals surface area contributed by atoms with Gasteiger partial charge < -0.3 is 19.3 Å². The lowest BCUT2D eigenvalue weighted by Gasteiger charge is -2.26. The second-order valence-electron chi connectivity index (χ2n) is 8.91. The van der Waals surface area contributed by atoms with Crippen molar-refractivity contribution in [3.8, 4) is 34.6 Å². The fourth-order valence-corrected chi connectivity index (χ4v) is 4.67. The molecule has 2 aliphatic rings. The predicted molar refractivity (Wildman–Crippen MR) is 131 cm³/mol. The molecule has 3 aromatic rings. The van der Waals surface area contributed by atoms with Gasteiger partial charge in [-0.1, -0.05) is 24.1 Å². The number of benzene rings is 2. The number of fused-ring (bicyclic) bond motifs is 1. The summed E-state index contributed by atoms with van der Waals surface area (Å²) in [5, 5.41) is 9.16. The van der Waals surface area contributed by atoms with E-state index in [9.17, 15) is 9.18 Å². The molecule has 2 atom stereocenters. The van der Waals surface area contributed by atoms with Crippen LogP contribution < -0.4 is 9.47 Å². The maximum atomic E-state index is 15.0. The van der Waals surface area contributed by atoms with E-state index in [1.54, 1.807) is 31.3 Å². The van der Waals surface area contributed by atoms with Crippen LogP contribution >= 0.6 is 0 Å². The van der Waals surface area contributed by atoms with Crippen LogP contribution in [0.1, 0.15) is 48.5 Å². The van der Waals surface area contributed by atoms with E-state index >= 15 is 0 Å². The molecule has 1 aliphatic carbocycles. The SMILES string of the molecule is CC#C[C@@H](CC(=O)O)c1ccc(O[C@@H]2CCc3c(-c4ccc(OC5COC5)nc4)ccc(F)c32)cc1. The van der Waals surface area contributed by atoms with Crippen molar-refractivity contribution >= 4 is 5.97 Å². The standard InChI is InChI=1S/C29H26FNO5/c1-2-3-19(14-28(32)33)18-4-7-21(8-5-18)35-26-12-10-24-23(9-11-25(30)29(24)26)20-6-13-27(31-15-20)36-22-16-34-17-22/h4-9,11,13,15,19,22,26H,10,12,14,16-17H2,1H3,(H,32,33)/t19-,26+/m0/s1. The Balaban J connectivity index is 1.33. The number of ether oxygens (including phenoxy) is 3. The molecule has 0 bridgehead atoms. The zero-order chi connectivity index (χ0) is 25.1. The van der Waals surface area contributed by atoms with Gasteiger partial charge in [0.15, 0.2) is 0 Å².